The van der Waals surface area contributed by atoms with Crippen molar-refractivity contribution in [1.29, 1.82) is 0 Å². The number of benzene rings is 1. The van der Waals surface area contributed by atoms with Gasteiger partial charge in [0.25, 0.3) is 5.91 Å². The number of hydroxylamine groups is 1. The Balaban J connectivity index is 2.84. The summed E-state index contributed by atoms with van der Waals surface area (Å²) in [5.74, 6) is -0.234. The number of nitrogens with one attached hydrogen (secondary N) is 1. The second kappa shape index (κ2) is 5.12. The van der Waals surface area contributed by atoms with E-state index in [0.717, 1.165) is 10.0 Å². The molecule has 0 bridgehead atoms. The van der Waals surface area contributed by atoms with Crippen LogP contribution in [0, 0.1) is 6.92 Å². The molecule has 0 saturated carbocycles. The third-order valence-corrected chi connectivity index (χ3v) is 2.80. The van der Waals surface area contributed by atoms with Crippen molar-refractivity contribution in [3.63, 3.8) is 0 Å². The van der Waals surface area contributed by atoms with Gasteiger partial charge in [0.05, 0.1) is 12.2 Å². The molecule has 0 aliphatic heterocycles. The lowest BCUT2D eigenvalue weighted by Crippen LogP contribution is -2.24. The fraction of sp³-hybridized carbons (Fsp3) is 0.300. The minimum atomic E-state index is -0.234. The van der Waals surface area contributed by atoms with Crippen LogP contribution in [-0.2, 0) is 4.84 Å². The zero-order valence-corrected chi connectivity index (χ0v) is 9.72. The van der Waals surface area contributed by atoms with Crippen LogP contribution in [0.25, 0.3) is 0 Å². The Labute approximate surface area is 91.5 Å². The molecule has 1 aromatic rings. The summed E-state index contributed by atoms with van der Waals surface area (Å²) < 4.78 is 0.803. The highest BCUT2D eigenvalue weighted by Gasteiger charge is 2.10. The Morgan fingerprint density at radius 3 is 2.93 bits per heavy atom. The Morgan fingerprint density at radius 2 is 2.29 bits per heavy atom. The van der Waals surface area contributed by atoms with Crippen molar-refractivity contribution in [3.8, 4) is 0 Å². The molecule has 1 rings (SSSR count). The van der Waals surface area contributed by atoms with E-state index >= 15 is 0 Å². The molecule has 0 saturated heterocycles. The maximum absolute atomic E-state index is 11.5. The van der Waals surface area contributed by atoms with Gasteiger partial charge in [-0.05, 0) is 41.4 Å². The molecule has 0 aliphatic rings. The number of halogens is 1. The van der Waals surface area contributed by atoms with Gasteiger partial charge in [-0.25, -0.2) is 5.48 Å². The minimum Gasteiger partial charge on any atom is -0.274 e. The Bertz CT molecular complexity index is 339. The molecule has 0 aliphatic carbocycles. The van der Waals surface area contributed by atoms with Gasteiger partial charge in [0.2, 0.25) is 0 Å². The maximum Gasteiger partial charge on any atom is 0.275 e. The topological polar surface area (TPSA) is 38.3 Å². The molecular formula is C10H12BrNO2. The molecule has 76 valence electrons. The lowest BCUT2D eigenvalue weighted by Gasteiger charge is -2.07. The number of rotatable bonds is 3. The first-order chi connectivity index (χ1) is 6.66. The summed E-state index contributed by atoms with van der Waals surface area (Å²) in [6.45, 7) is 4.20. The first-order valence-electron chi connectivity index (χ1n) is 4.34. The number of hydrogen-bond donors (Lipinski definition) is 1. The van der Waals surface area contributed by atoms with E-state index in [-0.39, 0.29) is 5.91 Å². The zero-order valence-electron chi connectivity index (χ0n) is 8.13. The van der Waals surface area contributed by atoms with Gasteiger partial charge in [0, 0.05) is 4.47 Å². The highest BCUT2D eigenvalue weighted by Crippen LogP contribution is 2.20. The lowest BCUT2D eigenvalue weighted by atomic mass is 10.1. The number of hydrogen-bond acceptors (Lipinski definition) is 2. The summed E-state index contributed by atoms with van der Waals surface area (Å²) >= 11 is 3.36. The zero-order chi connectivity index (χ0) is 10.6. The largest absolute Gasteiger partial charge is 0.275 e. The molecule has 0 heterocycles. The summed E-state index contributed by atoms with van der Waals surface area (Å²) in [5.41, 5.74) is 3.95. The van der Waals surface area contributed by atoms with Gasteiger partial charge in [0.1, 0.15) is 0 Å². The predicted octanol–water partition coefficient (Wildman–Crippen LogP) is 2.44. The number of amides is 1. The van der Waals surface area contributed by atoms with Gasteiger partial charge in [0.15, 0.2) is 0 Å². The molecule has 1 aromatic carbocycles. The van der Waals surface area contributed by atoms with Crippen LogP contribution in [0.3, 0.4) is 0 Å². The summed E-state index contributed by atoms with van der Waals surface area (Å²) in [5, 5.41) is 0. The molecule has 1 N–H and O–H groups in total. The highest BCUT2D eigenvalue weighted by molar-refractivity contribution is 9.10. The second-order valence-electron chi connectivity index (χ2n) is 2.80. The van der Waals surface area contributed by atoms with Crippen molar-refractivity contribution in [3.05, 3.63) is 33.8 Å². The fourth-order valence-electron chi connectivity index (χ4n) is 1.02. The third-order valence-electron chi connectivity index (χ3n) is 1.75. The lowest BCUT2D eigenvalue weighted by molar-refractivity contribution is 0.0364. The maximum atomic E-state index is 11.5. The van der Waals surface area contributed by atoms with Gasteiger partial charge < -0.3 is 0 Å². The fourth-order valence-corrected chi connectivity index (χ4v) is 1.46. The summed E-state index contributed by atoms with van der Waals surface area (Å²) in [4.78, 5) is 16.3. The normalized spacial score (nSPS) is 9.93. The number of aryl methyl sites for hydroxylation is 1. The number of carbonyl (C=O) groups excluding carboxylic acids is 1. The van der Waals surface area contributed by atoms with Crippen molar-refractivity contribution < 1.29 is 9.63 Å². The average Bonchev–Trinajstić information content (AvgIpc) is 2.18. The summed E-state index contributed by atoms with van der Waals surface area (Å²) in [6.07, 6.45) is 0. The molecule has 4 heteroatoms. The van der Waals surface area contributed by atoms with Crippen molar-refractivity contribution in [2.75, 3.05) is 6.61 Å². The van der Waals surface area contributed by atoms with Crippen LogP contribution in [0.4, 0.5) is 0 Å². The van der Waals surface area contributed by atoms with Crippen LogP contribution in [0.15, 0.2) is 22.7 Å². The van der Waals surface area contributed by atoms with Gasteiger partial charge >= 0.3 is 0 Å². The molecule has 0 spiro atoms. The van der Waals surface area contributed by atoms with Crippen LogP contribution in [0.5, 0.6) is 0 Å². The molecular weight excluding hydrogens is 246 g/mol. The first-order valence-corrected chi connectivity index (χ1v) is 5.13. The van der Waals surface area contributed by atoms with Gasteiger partial charge in [-0.15, -0.1) is 0 Å². The standard InChI is InChI=1S/C10H12BrNO2/c1-3-14-12-10(13)8-6-4-5-7(2)9(8)11/h4-6H,3H2,1-2H3,(H,12,13). The van der Waals surface area contributed by atoms with E-state index in [0.29, 0.717) is 12.2 Å². The molecule has 0 unspecified atom stereocenters. The SMILES string of the molecule is CCONC(=O)c1cccc(C)c1Br. The van der Waals surface area contributed by atoms with Crippen molar-refractivity contribution in [1.82, 2.24) is 5.48 Å². The van der Waals surface area contributed by atoms with Crippen LogP contribution in [0.2, 0.25) is 0 Å². The molecule has 0 fully saturated rings. The summed E-state index contributed by atoms with van der Waals surface area (Å²) in [7, 11) is 0. The Hall–Kier alpha value is -0.870. The van der Waals surface area contributed by atoms with E-state index in [1.807, 2.05) is 26.0 Å². The van der Waals surface area contributed by atoms with E-state index in [2.05, 4.69) is 21.4 Å². The van der Waals surface area contributed by atoms with Crippen molar-refractivity contribution in [2.24, 2.45) is 0 Å². The number of carbonyl (C=O) groups is 1. The van der Waals surface area contributed by atoms with E-state index < -0.39 is 0 Å². The van der Waals surface area contributed by atoms with Crippen molar-refractivity contribution in [2.45, 2.75) is 13.8 Å². The molecule has 14 heavy (non-hydrogen) atoms. The van der Waals surface area contributed by atoms with E-state index in [1.54, 1.807) is 6.07 Å². The molecule has 3 nitrogen and oxygen atoms in total. The smallest absolute Gasteiger partial charge is 0.274 e. The second-order valence-corrected chi connectivity index (χ2v) is 3.59. The Kier molecular flexibility index (Phi) is 4.10. The highest BCUT2D eigenvalue weighted by atomic mass is 79.9. The monoisotopic (exact) mass is 257 g/mol. The quantitative estimate of drug-likeness (QED) is 0.845. The molecule has 0 aromatic heterocycles. The molecule has 0 radical (unpaired) electrons. The van der Waals surface area contributed by atoms with Gasteiger partial charge in [-0.1, -0.05) is 12.1 Å². The van der Waals surface area contributed by atoms with Crippen LogP contribution < -0.4 is 5.48 Å². The van der Waals surface area contributed by atoms with E-state index in [4.69, 9.17) is 4.84 Å². The van der Waals surface area contributed by atoms with Crippen LogP contribution in [0.1, 0.15) is 22.8 Å². The predicted molar refractivity (Wildman–Crippen MR) is 58.0 cm³/mol. The molecule has 1 amide bonds. The Morgan fingerprint density at radius 1 is 1.57 bits per heavy atom. The minimum absolute atomic E-state index is 0.234. The van der Waals surface area contributed by atoms with E-state index in [1.165, 1.54) is 0 Å². The van der Waals surface area contributed by atoms with Gasteiger partial charge in [-0.2, -0.15) is 0 Å². The van der Waals surface area contributed by atoms with Crippen LogP contribution in [-0.4, -0.2) is 12.5 Å². The molecule has 0 atom stereocenters. The third kappa shape index (κ3) is 2.56. The average molecular weight is 258 g/mol. The van der Waals surface area contributed by atoms with Gasteiger partial charge in [-0.3, -0.25) is 9.63 Å². The first kappa shape index (κ1) is 11.2. The van der Waals surface area contributed by atoms with Crippen molar-refractivity contribution >= 4 is 21.8 Å². The van der Waals surface area contributed by atoms with Crippen LogP contribution >= 0.6 is 15.9 Å². The summed E-state index contributed by atoms with van der Waals surface area (Å²) in [6, 6.07) is 5.51. The van der Waals surface area contributed by atoms with E-state index in [9.17, 15) is 4.79 Å².